The lowest BCUT2D eigenvalue weighted by atomic mass is 10.2. The van der Waals surface area contributed by atoms with Crippen LogP contribution >= 0.6 is 0 Å². The molecule has 0 aliphatic carbocycles. The number of nitrogens with zero attached hydrogens (tertiary/aromatic N) is 2. The van der Waals surface area contributed by atoms with Crippen LogP contribution in [0.5, 0.6) is 0 Å². The van der Waals surface area contributed by atoms with Crippen molar-refractivity contribution in [3.8, 4) is 11.6 Å². The highest BCUT2D eigenvalue weighted by atomic mass is 32.2. The zero-order valence-corrected chi connectivity index (χ0v) is 16.5. The van der Waals surface area contributed by atoms with Crippen molar-refractivity contribution in [2.24, 2.45) is 0 Å². The second kappa shape index (κ2) is 6.69. The molecule has 29 heavy (non-hydrogen) atoms. The third-order valence-corrected chi connectivity index (χ3v) is 6.88. The van der Waals surface area contributed by atoms with E-state index in [2.05, 4.69) is 4.98 Å². The van der Waals surface area contributed by atoms with Crippen molar-refractivity contribution in [3.63, 3.8) is 0 Å². The van der Waals surface area contributed by atoms with Gasteiger partial charge in [-0.2, -0.15) is 17.9 Å². The predicted octanol–water partition coefficient (Wildman–Crippen LogP) is 2.34. The van der Waals surface area contributed by atoms with E-state index in [4.69, 9.17) is 4.42 Å². The molecule has 0 aliphatic heterocycles. The quantitative estimate of drug-likeness (QED) is 0.442. The van der Waals surface area contributed by atoms with Crippen molar-refractivity contribution in [2.75, 3.05) is 12.0 Å². The van der Waals surface area contributed by atoms with Crippen LogP contribution < -0.4 is 4.73 Å². The fourth-order valence-electron chi connectivity index (χ4n) is 2.53. The molecular formula is C16H13F3N2O6S2. The molecule has 156 valence electrons. The van der Waals surface area contributed by atoms with Gasteiger partial charge in [0.1, 0.15) is 16.0 Å². The molecule has 1 aromatic carbocycles. The number of rotatable bonds is 4. The molecule has 0 saturated carbocycles. The maximum absolute atomic E-state index is 13.1. The van der Waals surface area contributed by atoms with E-state index in [9.17, 15) is 35.2 Å². The third kappa shape index (κ3) is 3.92. The fraction of sp³-hybridized carbons (Fsp3) is 0.250. The van der Waals surface area contributed by atoms with Crippen molar-refractivity contribution < 1.29 is 39.2 Å². The monoisotopic (exact) mass is 450 g/mol. The fourth-order valence-corrected chi connectivity index (χ4v) is 4.26. The van der Waals surface area contributed by atoms with Crippen molar-refractivity contribution in [3.05, 3.63) is 41.2 Å². The molecule has 0 spiro atoms. The highest BCUT2D eigenvalue weighted by Crippen LogP contribution is 2.34. The number of sulfone groups is 2. The summed E-state index contributed by atoms with van der Waals surface area (Å²) in [6.45, 7) is 1.21. The summed E-state index contributed by atoms with van der Waals surface area (Å²) in [6, 6.07) is 3.95. The van der Waals surface area contributed by atoms with Gasteiger partial charge in [-0.25, -0.2) is 21.8 Å². The zero-order valence-electron chi connectivity index (χ0n) is 14.9. The number of alkyl halides is 3. The van der Waals surface area contributed by atoms with Gasteiger partial charge in [0.2, 0.25) is 0 Å². The van der Waals surface area contributed by atoms with E-state index in [1.54, 1.807) is 0 Å². The van der Waals surface area contributed by atoms with E-state index in [1.165, 1.54) is 19.1 Å². The number of pyridine rings is 1. The second-order valence-electron chi connectivity index (χ2n) is 6.09. The van der Waals surface area contributed by atoms with Gasteiger partial charge in [-0.05, 0) is 24.3 Å². The van der Waals surface area contributed by atoms with Gasteiger partial charge in [-0.3, -0.25) is 0 Å². The standard InChI is InChI=1S/C16H13F3N2O6S2/c1-3-29(25,26)13-6-9(16(17,18)19)8-21(22)14(13)15-20-11-7-10(28(2,23)24)4-5-12(11)27-15/h4-8H,3H2,1-2H3. The highest BCUT2D eigenvalue weighted by Gasteiger charge is 2.38. The van der Waals surface area contributed by atoms with Crippen molar-refractivity contribution in [2.45, 2.75) is 22.9 Å². The van der Waals surface area contributed by atoms with Crippen LogP contribution in [0.25, 0.3) is 22.7 Å². The van der Waals surface area contributed by atoms with Gasteiger partial charge >= 0.3 is 6.18 Å². The summed E-state index contributed by atoms with van der Waals surface area (Å²) in [5.74, 6) is -1.12. The molecule has 0 bridgehead atoms. The first-order valence-corrected chi connectivity index (χ1v) is 11.5. The molecule has 0 amide bonds. The Bertz CT molecular complexity index is 1330. The maximum atomic E-state index is 13.1. The van der Waals surface area contributed by atoms with Crippen LogP contribution in [0.2, 0.25) is 0 Å². The number of halogens is 3. The van der Waals surface area contributed by atoms with Crippen LogP contribution in [-0.2, 0) is 25.9 Å². The normalized spacial score (nSPS) is 13.1. The summed E-state index contributed by atoms with van der Waals surface area (Å²) < 4.78 is 92.3. The number of benzene rings is 1. The summed E-state index contributed by atoms with van der Waals surface area (Å²) in [7, 11) is -7.85. The van der Waals surface area contributed by atoms with Crippen LogP contribution in [0, 0.1) is 5.21 Å². The Morgan fingerprint density at radius 1 is 1.17 bits per heavy atom. The summed E-state index contributed by atoms with van der Waals surface area (Å²) in [6.07, 6.45) is -3.81. The van der Waals surface area contributed by atoms with E-state index >= 15 is 0 Å². The molecule has 8 nitrogen and oxygen atoms in total. The van der Waals surface area contributed by atoms with Crippen LogP contribution in [0.4, 0.5) is 13.2 Å². The third-order valence-electron chi connectivity index (χ3n) is 4.03. The van der Waals surface area contributed by atoms with Gasteiger partial charge in [0.25, 0.3) is 11.6 Å². The van der Waals surface area contributed by atoms with Gasteiger partial charge in [0.05, 0.1) is 10.6 Å². The number of oxazole rings is 1. The summed E-state index contributed by atoms with van der Waals surface area (Å²) >= 11 is 0. The van der Waals surface area contributed by atoms with Gasteiger partial charge in [0, 0.05) is 6.26 Å². The Morgan fingerprint density at radius 2 is 1.83 bits per heavy atom. The second-order valence-corrected chi connectivity index (χ2v) is 10.4. The lowest BCUT2D eigenvalue weighted by Crippen LogP contribution is -2.33. The van der Waals surface area contributed by atoms with E-state index in [1.807, 2.05) is 0 Å². The van der Waals surface area contributed by atoms with Gasteiger partial charge in [0.15, 0.2) is 31.5 Å². The molecule has 0 fully saturated rings. The minimum Gasteiger partial charge on any atom is -0.618 e. The molecule has 0 unspecified atom stereocenters. The smallest absolute Gasteiger partial charge is 0.422 e. The average Bonchev–Trinajstić information content (AvgIpc) is 3.02. The van der Waals surface area contributed by atoms with E-state index in [-0.39, 0.29) is 26.9 Å². The molecule has 3 aromatic rings. The van der Waals surface area contributed by atoms with Gasteiger partial charge in [-0.1, -0.05) is 6.92 Å². The number of fused-ring (bicyclic) bond motifs is 1. The topological polar surface area (TPSA) is 121 Å². The van der Waals surface area contributed by atoms with Crippen LogP contribution in [0.3, 0.4) is 0 Å². The van der Waals surface area contributed by atoms with E-state index in [0.29, 0.717) is 6.07 Å². The number of aromatic nitrogens is 2. The number of hydrogen-bond donors (Lipinski definition) is 0. The Hall–Kier alpha value is -2.67. The summed E-state index contributed by atoms with van der Waals surface area (Å²) in [5.41, 5.74) is -2.16. The lowest BCUT2D eigenvalue weighted by molar-refractivity contribution is -0.597. The zero-order chi connectivity index (χ0) is 21.8. The Balaban J connectivity index is 2.33. The van der Waals surface area contributed by atoms with E-state index < -0.39 is 53.6 Å². The van der Waals surface area contributed by atoms with Crippen molar-refractivity contribution in [1.29, 1.82) is 0 Å². The largest absolute Gasteiger partial charge is 0.618 e. The molecule has 0 radical (unpaired) electrons. The molecular weight excluding hydrogens is 437 g/mol. The maximum Gasteiger partial charge on any atom is 0.422 e. The molecule has 0 N–H and O–H groups in total. The molecule has 2 heterocycles. The van der Waals surface area contributed by atoms with Crippen LogP contribution in [0.15, 0.2) is 44.7 Å². The Morgan fingerprint density at radius 3 is 2.38 bits per heavy atom. The Labute approximate surface area is 163 Å². The SMILES string of the molecule is CCS(=O)(=O)c1cc(C(F)(F)F)c[n+]([O-])c1-c1nc2cc(S(C)(=O)=O)ccc2o1. The lowest BCUT2D eigenvalue weighted by Gasteiger charge is -2.12. The minimum atomic E-state index is -4.95. The molecule has 0 atom stereocenters. The summed E-state index contributed by atoms with van der Waals surface area (Å²) in [5, 5.41) is 12.3. The summed E-state index contributed by atoms with van der Waals surface area (Å²) in [4.78, 5) is 2.93. The molecule has 2 aromatic heterocycles. The van der Waals surface area contributed by atoms with E-state index in [0.717, 1.165) is 12.3 Å². The predicted molar refractivity (Wildman–Crippen MR) is 94.2 cm³/mol. The first kappa shape index (κ1) is 21.0. The van der Waals surface area contributed by atoms with Crippen molar-refractivity contribution >= 4 is 30.8 Å². The molecule has 0 saturated heterocycles. The minimum absolute atomic E-state index is 0.0114. The molecule has 0 aliphatic rings. The highest BCUT2D eigenvalue weighted by molar-refractivity contribution is 7.91. The van der Waals surface area contributed by atoms with Crippen molar-refractivity contribution in [1.82, 2.24) is 4.98 Å². The van der Waals surface area contributed by atoms with Crippen LogP contribution in [0.1, 0.15) is 12.5 Å². The Kier molecular flexibility index (Phi) is 4.86. The first-order valence-electron chi connectivity index (χ1n) is 7.92. The number of hydrogen-bond acceptors (Lipinski definition) is 7. The first-order chi connectivity index (χ1) is 13.2. The van der Waals surface area contributed by atoms with Crippen LogP contribution in [-0.4, -0.2) is 33.8 Å². The van der Waals surface area contributed by atoms with Gasteiger partial charge in [-0.15, -0.1) is 0 Å². The molecule has 3 rings (SSSR count). The van der Waals surface area contributed by atoms with Gasteiger partial charge < -0.3 is 9.62 Å². The average molecular weight is 450 g/mol. The molecule has 13 heteroatoms.